The van der Waals surface area contributed by atoms with Crippen molar-refractivity contribution in [3.63, 3.8) is 0 Å². The lowest BCUT2D eigenvalue weighted by molar-refractivity contribution is -0.00249. The van der Waals surface area contributed by atoms with E-state index in [2.05, 4.69) is 10.3 Å². The summed E-state index contributed by atoms with van der Waals surface area (Å²) in [6.45, 7) is 5.00. The standard InChI is InChI=1S/C13H22N4O3S/c1-3-9-8-20-7-5-17(9)12(18)10-11(14)16-13(21-10)15-4-6-19-2/h9H,3-8,14H2,1-2H3,(H,15,16). The second kappa shape index (κ2) is 7.58. The molecular formula is C13H22N4O3S. The molecule has 7 nitrogen and oxygen atoms in total. The number of rotatable bonds is 6. The van der Waals surface area contributed by atoms with E-state index in [9.17, 15) is 4.79 Å². The maximum absolute atomic E-state index is 12.6. The lowest BCUT2D eigenvalue weighted by atomic mass is 10.1. The van der Waals surface area contributed by atoms with Crippen LogP contribution < -0.4 is 11.1 Å². The Hall–Kier alpha value is -1.38. The second-order valence-corrected chi connectivity index (χ2v) is 5.79. The van der Waals surface area contributed by atoms with Gasteiger partial charge in [-0.2, -0.15) is 0 Å². The summed E-state index contributed by atoms with van der Waals surface area (Å²) in [5.41, 5.74) is 5.89. The zero-order chi connectivity index (χ0) is 15.2. The van der Waals surface area contributed by atoms with E-state index in [1.165, 1.54) is 11.3 Å². The number of nitrogens with two attached hydrogens (primary N) is 1. The second-order valence-electron chi connectivity index (χ2n) is 4.79. The van der Waals surface area contributed by atoms with Crippen LogP contribution >= 0.6 is 11.3 Å². The molecule has 0 radical (unpaired) electrons. The molecule has 0 aromatic carbocycles. The molecule has 0 spiro atoms. The predicted octanol–water partition coefficient (Wildman–Crippen LogP) is 1.03. The van der Waals surface area contributed by atoms with Crippen molar-refractivity contribution in [1.29, 1.82) is 0 Å². The van der Waals surface area contributed by atoms with Crippen molar-refractivity contribution in [2.45, 2.75) is 19.4 Å². The fourth-order valence-corrected chi connectivity index (χ4v) is 3.08. The van der Waals surface area contributed by atoms with Crippen molar-refractivity contribution in [2.24, 2.45) is 0 Å². The third-order valence-electron chi connectivity index (χ3n) is 3.39. The molecule has 1 atom stereocenters. The Morgan fingerprint density at radius 2 is 2.48 bits per heavy atom. The topological polar surface area (TPSA) is 89.7 Å². The molecular weight excluding hydrogens is 292 g/mol. The summed E-state index contributed by atoms with van der Waals surface area (Å²) in [4.78, 5) is 19.2. The molecule has 1 aromatic heterocycles. The first-order valence-corrected chi connectivity index (χ1v) is 7.86. The maximum Gasteiger partial charge on any atom is 0.268 e. The Balaban J connectivity index is 2.07. The summed E-state index contributed by atoms with van der Waals surface area (Å²) < 4.78 is 10.4. The first-order chi connectivity index (χ1) is 10.2. The molecule has 2 heterocycles. The number of hydrogen-bond acceptors (Lipinski definition) is 7. The number of methoxy groups -OCH3 is 1. The quantitative estimate of drug-likeness (QED) is 0.763. The number of morpholine rings is 1. The highest BCUT2D eigenvalue weighted by atomic mass is 32.1. The minimum atomic E-state index is -0.0556. The number of nitrogens with one attached hydrogen (secondary N) is 1. The number of nitrogens with zero attached hydrogens (tertiary/aromatic N) is 2. The zero-order valence-electron chi connectivity index (χ0n) is 12.4. The Morgan fingerprint density at radius 1 is 1.67 bits per heavy atom. The van der Waals surface area contributed by atoms with Crippen molar-refractivity contribution in [1.82, 2.24) is 9.88 Å². The van der Waals surface area contributed by atoms with Gasteiger partial charge >= 0.3 is 0 Å². The molecule has 2 rings (SSSR count). The molecule has 0 saturated carbocycles. The maximum atomic E-state index is 12.6. The first kappa shape index (κ1) is 16.0. The minimum absolute atomic E-state index is 0.0556. The Kier molecular flexibility index (Phi) is 5.77. The van der Waals surface area contributed by atoms with Crippen molar-refractivity contribution in [3.05, 3.63) is 4.88 Å². The average molecular weight is 314 g/mol. The minimum Gasteiger partial charge on any atom is -0.383 e. The van der Waals surface area contributed by atoms with Gasteiger partial charge in [0.15, 0.2) is 5.13 Å². The molecule has 1 aliphatic heterocycles. The predicted molar refractivity (Wildman–Crippen MR) is 82.8 cm³/mol. The van der Waals surface area contributed by atoms with Crippen LogP contribution in [-0.2, 0) is 9.47 Å². The van der Waals surface area contributed by atoms with Gasteiger partial charge in [-0.1, -0.05) is 18.3 Å². The molecule has 1 aliphatic rings. The van der Waals surface area contributed by atoms with Crippen LogP contribution in [0, 0.1) is 0 Å². The van der Waals surface area contributed by atoms with Gasteiger partial charge in [0, 0.05) is 20.2 Å². The SMILES string of the molecule is CCC1COCCN1C(=O)c1sc(NCCOC)nc1N. The van der Waals surface area contributed by atoms with E-state index in [4.69, 9.17) is 15.2 Å². The summed E-state index contributed by atoms with van der Waals surface area (Å²) in [6, 6.07) is 0.109. The monoisotopic (exact) mass is 314 g/mol. The van der Waals surface area contributed by atoms with E-state index in [1.54, 1.807) is 7.11 Å². The van der Waals surface area contributed by atoms with Gasteiger partial charge < -0.3 is 25.4 Å². The summed E-state index contributed by atoms with van der Waals surface area (Å²) in [6.07, 6.45) is 0.864. The molecule has 8 heteroatoms. The molecule has 1 fully saturated rings. The van der Waals surface area contributed by atoms with Crippen molar-refractivity contribution >= 4 is 28.2 Å². The van der Waals surface area contributed by atoms with Crippen LogP contribution in [0.5, 0.6) is 0 Å². The number of hydrogen-bond donors (Lipinski definition) is 2. The molecule has 1 amide bonds. The Bertz CT molecular complexity index is 480. The van der Waals surface area contributed by atoms with Crippen LogP contribution in [0.1, 0.15) is 23.0 Å². The number of nitrogen functional groups attached to an aromatic ring is 1. The van der Waals surface area contributed by atoms with Crippen LogP contribution in [0.4, 0.5) is 10.9 Å². The van der Waals surface area contributed by atoms with Gasteiger partial charge in [0.25, 0.3) is 5.91 Å². The Labute approximate surface area is 128 Å². The number of thiazole rings is 1. The van der Waals surface area contributed by atoms with E-state index in [0.29, 0.717) is 42.9 Å². The van der Waals surface area contributed by atoms with E-state index >= 15 is 0 Å². The molecule has 21 heavy (non-hydrogen) atoms. The van der Waals surface area contributed by atoms with Crippen molar-refractivity contribution in [2.75, 3.05) is 51.1 Å². The third-order valence-corrected chi connectivity index (χ3v) is 4.41. The molecule has 0 aliphatic carbocycles. The summed E-state index contributed by atoms with van der Waals surface area (Å²) in [5.74, 6) is 0.228. The van der Waals surface area contributed by atoms with Crippen LogP contribution in [0.15, 0.2) is 0 Å². The first-order valence-electron chi connectivity index (χ1n) is 7.05. The van der Waals surface area contributed by atoms with Gasteiger partial charge in [-0.3, -0.25) is 4.79 Å². The summed E-state index contributed by atoms with van der Waals surface area (Å²) >= 11 is 1.29. The molecule has 3 N–H and O–H groups in total. The largest absolute Gasteiger partial charge is 0.383 e. The van der Waals surface area contributed by atoms with Gasteiger partial charge in [0.2, 0.25) is 0 Å². The fraction of sp³-hybridized carbons (Fsp3) is 0.692. The highest BCUT2D eigenvalue weighted by Crippen LogP contribution is 2.27. The summed E-state index contributed by atoms with van der Waals surface area (Å²) in [7, 11) is 1.64. The fourth-order valence-electron chi connectivity index (χ4n) is 2.21. The van der Waals surface area contributed by atoms with Crippen molar-refractivity contribution in [3.8, 4) is 0 Å². The zero-order valence-corrected chi connectivity index (χ0v) is 13.2. The molecule has 1 aromatic rings. The highest BCUT2D eigenvalue weighted by molar-refractivity contribution is 7.18. The lowest BCUT2D eigenvalue weighted by Gasteiger charge is -2.34. The normalized spacial score (nSPS) is 18.8. The molecule has 0 bridgehead atoms. The van der Waals surface area contributed by atoms with Gasteiger partial charge in [-0.05, 0) is 6.42 Å². The van der Waals surface area contributed by atoms with E-state index in [0.717, 1.165) is 6.42 Å². The van der Waals surface area contributed by atoms with Gasteiger partial charge in [-0.25, -0.2) is 4.98 Å². The number of amides is 1. The van der Waals surface area contributed by atoms with E-state index in [1.807, 2.05) is 11.8 Å². The number of anilines is 2. The molecule has 118 valence electrons. The van der Waals surface area contributed by atoms with Crippen LogP contribution in [0.25, 0.3) is 0 Å². The number of aromatic nitrogens is 1. The summed E-state index contributed by atoms with van der Waals surface area (Å²) in [5, 5.41) is 3.74. The van der Waals surface area contributed by atoms with Crippen molar-refractivity contribution < 1.29 is 14.3 Å². The highest BCUT2D eigenvalue weighted by Gasteiger charge is 2.29. The average Bonchev–Trinajstić information content (AvgIpc) is 2.87. The van der Waals surface area contributed by atoms with Gasteiger partial charge in [0.05, 0.1) is 25.9 Å². The molecule has 1 unspecified atom stereocenters. The van der Waals surface area contributed by atoms with Crippen LogP contribution in [-0.4, -0.2) is 61.9 Å². The van der Waals surface area contributed by atoms with E-state index in [-0.39, 0.29) is 17.8 Å². The van der Waals surface area contributed by atoms with Gasteiger partial charge in [0.1, 0.15) is 10.7 Å². The van der Waals surface area contributed by atoms with Crippen LogP contribution in [0.2, 0.25) is 0 Å². The number of ether oxygens (including phenoxy) is 2. The van der Waals surface area contributed by atoms with Gasteiger partial charge in [-0.15, -0.1) is 0 Å². The Morgan fingerprint density at radius 3 is 3.19 bits per heavy atom. The lowest BCUT2D eigenvalue weighted by Crippen LogP contribution is -2.48. The number of carbonyl (C=O) groups excluding carboxylic acids is 1. The van der Waals surface area contributed by atoms with Crippen LogP contribution in [0.3, 0.4) is 0 Å². The smallest absolute Gasteiger partial charge is 0.268 e. The third kappa shape index (κ3) is 3.84. The molecule has 1 saturated heterocycles. The number of carbonyl (C=O) groups is 1. The van der Waals surface area contributed by atoms with E-state index < -0.39 is 0 Å².